The monoisotopic (exact) mass is 323 g/mol. The Morgan fingerprint density at radius 3 is 2.83 bits per heavy atom. The van der Waals surface area contributed by atoms with Crippen LogP contribution in [0.2, 0.25) is 0 Å². The summed E-state index contributed by atoms with van der Waals surface area (Å²) in [6.07, 6.45) is 5.78. The van der Waals surface area contributed by atoms with E-state index in [1.165, 1.54) is 24.1 Å². The van der Waals surface area contributed by atoms with Gasteiger partial charge in [-0.2, -0.15) is 0 Å². The summed E-state index contributed by atoms with van der Waals surface area (Å²) in [7, 11) is 0. The standard InChI is InChI=1S/C18H17N3OS/c22-17(15-11-10-12-6-4-5-7-13(12)19-15)21-18-20-14-8-2-1-3-9-16(14)23-18/h4-7,10-11H,1-3,8-9H2,(H,20,21,22). The number of carbonyl (C=O) groups is 1. The van der Waals surface area contributed by atoms with Gasteiger partial charge in [0, 0.05) is 10.3 Å². The minimum atomic E-state index is -0.195. The van der Waals surface area contributed by atoms with Crippen molar-refractivity contribution in [1.82, 2.24) is 9.97 Å². The highest BCUT2D eigenvalue weighted by Gasteiger charge is 2.16. The molecule has 1 N–H and O–H groups in total. The molecule has 4 nitrogen and oxygen atoms in total. The third-order valence-corrected chi connectivity index (χ3v) is 5.22. The van der Waals surface area contributed by atoms with Crippen molar-refractivity contribution in [1.29, 1.82) is 0 Å². The van der Waals surface area contributed by atoms with Crippen LogP contribution in [0.4, 0.5) is 5.13 Å². The zero-order valence-electron chi connectivity index (χ0n) is 12.7. The molecule has 23 heavy (non-hydrogen) atoms. The van der Waals surface area contributed by atoms with Gasteiger partial charge in [-0.05, 0) is 37.8 Å². The zero-order valence-corrected chi connectivity index (χ0v) is 13.5. The fraction of sp³-hybridized carbons (Fsp3) is 0.278. The molecule has 1 aliphatic carbocycles. The molecule has 0 saturated carbocycles. The molecule has 0 fully saturated rings. The van der Waals surface area contributed by atoms with E-state index >= 15 is 0 Å². The maximum atomic E-state index is 12.4. The Morgan fingerprint density at radius 1 is 1.00 bits per heavy atom. The number of benzene rings is 1. The summed E-state index contributed by atoms with van der Waals surface area (Å²) in [5.41, 5.74) is 2.42. The van der Waals surface area contributed by atoms with Crippen molar-refractivity contribution in [2.45, 2.75) is 32.1 Å². The van der Waals surface area contributed by atoms with E-state index in [0.717, 1.165) is 29.4 Å². The maximum Gasteiger partial charge on any atom is 0.276 e. The van der Waals surface area contributed by atoms with E-state index in [4.69, 9.17) is 0 Å². The molecule has 2 heterocycles. The van der Waals surface area contributed by atoms with Crippen molar-refractivity contribution in [2.75, 3.05) is 5.32 Å². The number of rotatable bonds is 2. The summed E-state index contributed by atoms with van der Waals surface area (Å²) in [5.74, 6) is -0.195. The number of amides is 1. The molecule has 4 rings (SSSR count). The number of carbonyl (C=O) groups excluding carboxylic acids is 1. The topological polar surface area (TPSA) is 54.9 Å². The number of nitrogens with zero attached hydrogens (tertiary/aromatic N) is 2. The van der Waals surface area contributed by atoms with Crippen molar-refractivity contribution < 1.29 is 4.79 Å². The number of hydrogen-bond donors (Lipinski definition) is 1. The molecule has 0 radical (unpaired) electrons. The van der Waals surface area contributed by atoms with Gasteiger partial charge >= 0.3 is 0 Å². The van der Waals surface area contributed by atoms with Gasteiger partial charge in [0.2, 0.25) is 0 Å². The number of fused-ring (bicyclic) bond motifs is 2. The summed E-state index contributed by atoms with van der Waals surface area (Å²) < 4.78 is 0. The zero-order chi connectivity index (χ0) is 15.6. The summed E-state index contributed by atoms with van der Waals surface area (Å²) in [6, 6.07) is 11.5. The van der Waals surface area contributed by atoms with Gasteiger partial charge < -0.3 is 0 Å². The van der Waals surface area contributed by atoms with E-state index in [2.05, 4.69) is 15.3 Å². The van der Waals surface area contributed by atoms with Crippen molar-refractivity contribution in [3.8, 4) is 0 Å². The molecule has 0 bridgehead atoms. The highest BCUT2D eigenvalue weighted by atomic mass is 32.1. The first-order valence-electron chi connectivity index (χ1n) is 7.95. The third-order valence-electron chi connectivity index (χ3n) is 4.15. The molecule has 0 unspecified atom stereocenters. The van der Waals surface area contributed by atoms with Crippen molar-refractivity contribution in [3.05, 3.63) is 52.7 Å². The van der Waals surface area contributed by atoms with Gasteiger partial charge in [-0.15, -0.1) is 11.3 Å². The molecule has 0 atom stereocenters. The van der Waals surface area contributed by atoms with E-state index in [9.17, 15) is 4.79 Å². The van der Waals surface area contributed by atoms with Crippen LogP contribution in [0.15, 0.2) is 36.4 Å². The number of aryl methyl sites for hydroxylation is 2. The van der Waals surface area contributed by atoms with E-state index in [1.807, 2.05) is 30.3 Å². The first kappa shape index (κ1) is 14.3. The molecule has 5 heteroatoms. The second-order valence-electron chi connectivity index (χ2n) is 5.79. The summed E-state index contributed by atoms with van der Waals surface area (Å²) >= 11 is 1.60. The van der Waals surface area contributed by atoms with Crippen LogP contribution in [0.3, 0.4) is 0 Å². The predicted octanol–water partition coefficient (Wildman–Crippen LogP) is 4.21. The number of nitrogens with one attached hydrogen (secondary N) is 1. The molecule has 3 aromatic rings. The first-order chi connectivity index (χ1) is 11.3. The molecule has 2 aromatic heterocycles. The lowest BCUT2D eigenvalue weighted by atomic mass is 10.2. The number of aromatic nitrogens is 2. The van der Waals surface area contributed by atoms with Crippen LogP contribution in [-0.2, 0) is 12.8 Å². The van der Waals surface area contributed by atoms with Gasteiger partial charge in [-0.3, -0.25) is 10.1 Å². The van der Waals surface area contributed by atoms with Crippen LogP contribution >= 0.6 is 11.3 Å². The summed E-state index contributed by atoms with van der Waals surface area (Å²) in [5, 5.41) is 4.63. The number of anilines is 1. The summed E-state index contributed by atoms with van der Waals surface area (Å²) in [6.45, 7) is 0. The Kier molecular flexibility index (Phi) is 3.79. The Bertz CT molecular complexity index is 848. The van der Waals surface area contributed by atoms with E-state index in [1.54, 1.807) is 17.4 Å². The van der Waals surface area contributed by atoms with Crippen LogP contribution in [0.5, 0.6) is 0 Å². The lowest BCUT2D eigenvalue weighted by Crippen LogP contribution is -2.13. The molecule has 1 amide bonds. The molecule has 0 saturated heterocycles. The smallest absolute Gasteiger partial charge is 0.276 e. The van der Waals surface area contributed by atoms with Crippen molar-refractivity contribution in [3.63, 3.8) is 0 Å². The number of pyridine rings is 1. The average molecular weight is 323 g/mol. The number of thiazole rings is 1. The van der Waals surface area contributed by atoms with Crippen LogP contribution in [0.25, 0.3) is 10.9 Å². The van der Waals surface area contributed by atoms with Gasteiger partial charge in [-0.25, -0.2) is 9.97 Å². The molecule has 0 aliphatic heterocycles. The van der Waals surface area contributed by atoms with Gasteiger partial charge in [0.1, 0.15) is 5.69 Å². The molecule has 0 spiro atoms. The number of para-hydroxylation sites is 1. The molecule has 1 aliphatic rings. The fourth-order valence-corrected chi connectivity index (χ4v) is 3.98. The maximum absolute atomic E-state index is 12.4. The first-order valence-corrected chi connectivity index (χ1v) is 8.77. The Morgan fingerprint density at radius 2 is 1.87 bits per heavy atom. The quantitative estimate of drug-likeness (QED) is 0.719. The van der Waals surface area contributed by atoms with Gasteiger partial charge in [0.25, 0.3) is 5.91 Å². The SMILES string of the molecule is O=C(Nc1nc2c(s1)CCCCC2)c1ccc2ccccc2n1. The Labute approximate surface area is 138 Å². The minimum absolute atomic E-state index is 0.195. The molecular weight excluding hydrogens is 306 g/mol. The van der Waals surface area contributed by atoms with Gasteiger partial charge in [0.05, 0.1) is 11.2 Å². The predicted molar refractivity (Wildman–Crippen MR) is 93.1 cm³/mol. The lowest BCUT2D eigenvalue weighted by Gasteiger charge is -2.03. The Hall–Kier alpha value is -2.27. The second-order valence-corrected chi connectivity index (χ2v) is 6.88. The second kappa shape index (κ2) is 6.08. The van der Waals surface area contributed by atoms with Crippen molar-refractivity contribution >= 4 is 33.3 Å². The Balaban J connectivity index is 1.57. The normalized spacial score (nSPS) is 14.3. The highest BCUT2D eigenvalue weighted by Crippen LogP contribution is 2.29. The molecule has 1 aromatic carbocycles. The van der Waals surface area contributed by atoms with E-state index < -0.39 is 0 Å². The third kappa shape index (κ3) is 2.97. The largest absolute Gasteiger partial charge is 0.296 e. The van der Waals surface area contributed by atoms with E-state index in [-0.39, 0.29) is 5.91 Å². The summed E-state index contributed by atoms with van der Waals surface area (Å²) in [4.78, 5) is 22.8. The minimum Gasteiger partial charge on any atom is -0.296 e. The number of hydrogen-bond acceptors (Lipinski definition) is 4. The van der Waals surface area contributed by atoms with E-state index in [0.29, 0.717) is 10.8 Å². The van der Waals surface area contributed by atoms with Crippen molar-refractivity contribution in [2.24, 2.45) is 0 Å². The fourth-order valence-electron chi connectivity index (χ4n) is 2.94. The average Bonchev–Trinajstić information content (AvgIpc) is 2.82. The van der Waals surface area contributed by atoms with Gasteiger partial charge in [0.15, 0.2) is 5.13 Å². The molecule has 116 valence electrons. The van der Waals surface area contributed by atoms with Crippen LogP contribution < -0.4 is 5.32 Å². The highest BCUT2D eigenvalue weighted by molar-refractivity contribution is 7.15. The van der Waals surface area contributed by atoms with Crippen LogP contribution in [0, 0.1) is 0 Å². The van der Waals surface area contributed by atoms with Gasteiger partial charge in [-0.1, -0.05) is 30.7 Å². The molecular formula is C18H17N3OS. The lowest BCUT2D eigenvalue weighted by molar-refractivity contribution is 0.102. The van der Waals surface area contributed by atoms with Crippen LogP contribution in [-0.4, -0.2) is 15.9 Å². The van der Waals surface area contributed by atoms with Crippen LogP contribution in [0.1, 0.15) is 40.3 Å².